The molecular formula is C28H56N6O6. The summed E-state index contributed by atoms with van der Waals surface area (Å²) in [7, 11) is 1.46. The number of aliphatic hydroxyl groups excluding tert-OH is 4. The van der Waals surface area contributed by atoms with Crippen molar-refractivity contribution in [1.82, 2.24) is 15.0 Å². The zero-order valence-electron chi connectivity index (χ0n) is 25.1. The molecule has 40 heavy (non-hydrogen) atoms. The second-order valence-corrected chi connectivity index (χ2v) is 10.2. The van der Waals surface area contributed by atoms with Crippen LogP contribution in [0.1, 0.15) is 110 Å². The number of methoxy groups -OCH3 is 1. The molecule has 1 aromatic heterocycles. The molecule has 1 aromatic rings. The molecule has 0 spiro atoms. The third-order valence-corrected chi connectivity index (χ3v) is 6.81. The van der Waals surface area contributed by atoms with Gasteiger partial charge >= 0.3 is 0 Å². The van der Waals surface area contributed by atoms with Crippen LogP contribution in [0.3, 0.4) is 0 Å². The third kappa shape index (κ3) is 15.8. The summed E-state index contributed by atoms with van der Waals surface area (Å²) in [4.78, 5) is 16.6. The number of unbranched alkanes of at least 4 members (excludes halogenated alkanes) is 15. The van der Waals surface area contributed by atoms with E-state index < -0.39 is 26.9 Å². The predicted octanol–water partition coefficient (Wildman–Crippen LogP) is 3.93. The maximum Gasteiger partial charge on any atom is 0.235 e. The Balaban J connectivity index is 2.28. The standard InChI is InChI=1S/C28H56N6O6/c1-3-4-5-6-7-8-9-10-11-12-13-14-15-16-17-18-19-40-25-34(23-38)28-30-26(32(20-35)21-36)29-27(31-28)33(22-37)24-39-2/h35-38H,3-25H2,1-2H3. The lowest BCUT2D eigenvalue weighted by atomic mass is 10.0. The van der Waals surface area contributed by atoms with Gasteiger partial charge in [0, 0.05) is 13.7 Å². The number of aliphatic hydroxyl groups is 4. The Morgan fingerprint density at radius 1 is 0.500 bits per heavy atom. The van der Waals surface area contributed by atoms with E-state index in [2.05, 4.69) is 21.9 Å². The molecule has 12 heteroatoms. The second-order valence-electron chi connectivity index (χ2n) is 10.2. The Hall–Kier alpha value is -1.83. The Kier molecular flexibility index (Phi) is 22.6. The molecule has 234 valence electrons. The summed E-state index contributed by atoms with van der Waals surface area (Å²) >= 11 is 0. The molecular weight excluding hydrogens is 516 g/mol. The maximum atomic E-state index is 9.90. The van der Waals surface area contributed by atoms with E-state index >= 15 is 0 Å². The number of aromatic nitrogens is 3. The van der Waals surface area contributed by atoms with Crippen LogP contribution in [0, 0.1) is 0 Å². The van der Waals surface area contributed by atoms with E-state index in [0.29, 0.717) is 6.61 Å². The van der Waals surface area contributed by atoms with Crippen molar-refractivity contribution in [2.75, 3.05) is 68.8 Å². The number of hydrogen-bond acceptors (Lipinski definition) is 12. The van der Waals surface area contributed by atoms with E-state index in [1.807, 2.05) is 0 Å². The Bertz CT molecular complexity index is 716. The lowest BCUT2D eigenvalue weighted by Gasteiger charge is -2.25. The van der Waals surface area contributed by atoms with Crippen LogP contribution >= 0.6 is 0 Å². The van der Waals surface area contributed by atoms with Crippen LogP contribution in [-0.4, -0.2) is 89.5 Å². The summed E-state index contributed by atoms with van der Waals surface area (Å²) in [5.74, 6) is 0.124. The summed E-state index contributed by atoms with van der Waals surface area (Å²) < 4.78 is 10.8. The molecule has 0 aliphatic heterocycles. The largest absolute Gasteiger partial charge is 0.376 e. The number of hydrogen-bond donors (Lipinski definition) is 4. The molecule has 12 nitrogen and oxygen atoms in total. The predicted molar refractivity (Wildman–Crippen MR) is 158 cm³/mol. The molecule has 4 N–H and O–H groups in total. The Morgan fingerprint density at radius 3 is 1.23 bits per heavy atom. The summed E-state index contributed by atoms with van der Waals surface area (Å²) in [5.41, 5.74) is 0. The highest BCUT2D eigenvalue weighted by Crippen LogP contribution is 2.19. The van der Waals surface area contributed by atoms with Gasteiger partial charge in [0.1, 0.15) is 40.4 Å². The second kappa shape index (κ2) is 24.9. The minimum atomic E-state index is -0.530. The van der Waals surface area contributed by atoms with Crippen LogP contribution in [0.25, 0.3) is 0 Å². The van der Waals surface area contributed by atoms with E-state index in [1.165, 1.54) is 107 Å². The fourth-order valence-electron chi connectivity index (χ4n) is 4.35. The zero-order valence-corrected chi connectivity index (χ0v) is 25.1. The van der Waals surface area contributed by atoms with Gasteiger partial charge in [-0.2, -0.15) is 15.0 Å². The lowest BCUT2D eigenvalue weighted by molar-refractivity contribution is 0.113. The van der Waals surface area contributed by atoms with Gasteiger partial charge < -0.3 is 29.9 Å². The van der Waals surface area contributed by atoms with E-state index in [-0.39, 0.29) is 31.3 Å². The van der Waals surface area contributed by atoms with Crippen LogP contribution < -0.4 is 14.7 Å². The highest BCUT2D eigenvalue weighted by atomic mass is 16.5. The van der Waals surface area contributed by atoms with E-state index in [0.717, 1.165) is 17.7 Å². The normalized spacial score (nSPS) is 11.2. The fourth-order valence-corrected chi connectivity index (χ4v) is 4.35. The van der Waals surface area contributed by atoms with Crippen LogP contribution in [-0.2, 0) is 9.47 Å². The average Bonchev–Trinajstić information content (AvgIpc) is 2.97. The molecule has 1 heterocycles. The molecule has 0 aliphatic rings. The topological polar surface area (TPSA) is 148 Å². The van der Waals surface area contributed by atoms with Crippen molar-refractivity contribution in [1.29, 1.82) is 0 Å². The highest BCUT2D eigenvalue weighted by Gasteiger charge is 2.19. The van der Waals surface area contributed by atoms with Gasteiger partial charge in [0.15, 0.2) is 0 Å². The molecule has 0 bridgehead atoms. The Morgan fingerprint density at radius 2 is 0.850 bits per heavy atom. The quantitative estimate of drug-likeness (QED) is 0.0851. The molecule has 0 saturated heterocycles. The Labute approximate surface area is 241 Å². The molecule has 0 fully saturated rings. The van der Waals surface area contributed by atoms with Gasteiger partial charge in [-0.3, -0.25) is 14.7 Å². The molecule has 0 aliphatic carbocycles. The highest BCUT2D eigenvalue weighted by molar-refractivity contribution is 5.45. The van der Waals surface area contributed by atoms with Crippen LogP contribution in [0.15, 0.2) is 0 Å². The van der Waals surface area contributed by atoms with Crippen molar-refractivity contribution < 1.29 is 29.9 Å². The first-order valence-corrected chi connectivity index (χ1v) is 15.2. The van der Waals surface area contributed by atoms with Gasteiger partial charge in [-0.1, -0.05) is 103 Å². The first-order chi connectivity index (χ1) is 19.6. The molecule has 0 radical (unpaired) electrons. The van der Waals surface area contributed by atoms with Crippen molar-refractivity contribution in [3.63, 3.8) is 0 Å². The lowest BCUT2D eigenvalue weighted by Crippen LogP contribution is -2.35. The summed E-state index contributed by atoms with van der Waals surface area (Å²) in [6, 6.07) is 0. The van der Waals surface area contributed by atoms with Gasteiger partial charge in [-0.25, -0.2) is 0 Å². The van der Waals surface area contributed by atoms with E-state index in [9.17, 15) is 20.4 Å². The summed E-state index contributed by atoms with van der Waals surface area (Å²) in [6.07, 6.45) is 21.0. The van der Waals surface area contributed by atoms with E-state index in [4.69, 9.17) is 9.47 Å². The maximum absolute atomic E-state index is 9.90. The SMILES string of the molecule is CCCCCCCCCCCCCCCCCCOCN(CO)c1nc(N(CO)CO)nc(N(CO)COC)n1. The monoisotopic (exact) mass is 572 g/mol. The van der Waals surface area contributed by atoms with E-state index in [1.54, 1.807) is 0 Å². The molecule has 0 amide bonds. The minimum absolute atomic E-state index is 0.00647. The first-order valence-electron chi connectivity index (χ1n) is 15.2. The minimum Gasteiger partial charge on any atom is -0.376 e. The van der Waals surface area contributed by atoms with Gasteiger partial charge in [0.25, 0.3) is 0 Å². The van der Waals surface area contributed by atoms with Crippen LogP contribution in [0.5, 0.6) is 0 Å². The number of rotatable bonds is 28. The van der Waals surface area contributed by atoms with Gasteiger partial charge in [0.2, 0.25) is 17.8 Å². The molecule has 0 atom stereocenters. The fraction of sp³-hybridized carbons (Fsp3) is 0.893. The zero-order chi connectivity index (χ0) is 29.3. The third-order valence-electron chi connectivity index (χ3n) is 6.81. The van der Waals surface area contributed by atoms with Crippen LogP contribution in [0.2, 0.25) is 0 Å². The van der Waals surface area contributed by atoms with Gasteiger partial charge in [-0.05, 0) is 6.42 Å². The van der Waals surface area contributed by atoms with Crippen molar-refractivity contribution in [2.24, 2.45) is 0 Å². The smallest absolute Gasteiger partial charge is 0.235 e. The molecule has 0 unspecified atom stereocenters. The molecule has 0 aromatic carbocycles. The van der Waals surface area contributed by atoms with Gasteiger partial charge in [-0.15, -0.1) is 0 Å². The molecule has 1 rings (SSSR count). The number of anilines is 3. The summed E-state index contributed by atoms with van der Waals surface area (Å²) in [5, 5.41) is 38.6. The summed E-state index contributed by atoms with van der Waals surface area (Å²) in [6.45, 7) is 0.976. The van der Waals surface area contributed by atoms with Gasteiger partial charge in [0.05, 0.1) is 0 Å². The van der Waals surface area contributed by atoms with Crippen LogP contribution in [0.4, 0.5) is 17.8 Å². The van der Waals surface area contributed by atoms with Crippen molar-refractivity contribution in [3.8, 4) is 0 Å². The number of ether oxygens (including phenoxy) is 2. The van der Waals surface area contributed by atoms with Crippen molar-refractivity contribution in [2.45, 2.75) is 110 Å². The van der Waals surface area contributed by atoms with Crippen molar-refractivity contribution in [3.05, 3.63) is 0 Å². The number of nitrogens with zero attached hydrogens (tertiary/aromatic N) is 6. The average molecular weight is 573 g/mol. The molecule has 0 saturated carbocycles. The first kappa shape index (κ1) is 36.2. The van der Waals surface area contributed by atoms with Crippen molar-refractivity contribution >= 4 is 17.8 Å².